The lowest BCUT2D eigenvalue weighted by atomic mass is 10.0. The topological polar surface area (TPSA) is 75.4 Å². The van der Waals surface area contributed by atoms with Crippen LogP contribution in [0.2, 0.25) is 0 Å². The zero-order valence-corrected chi connectivity index (χ0v) is 13.7. The molecule has 0 spiro atoms. The number of carboxylic acids is 1. The predicted octanol–water partition coefficient (Wildman–Crippen LogP) is 2.41. The number of carbonyl (C=O) groups is 2. The lowest BCUT2D eigenvalue weighted by Gasteiger charge is -2.17. The molecule has 2 heterocycles. The van der Waals surface area contributed by atoms with Crippen LogP contribution < -0.4 is 0 Å². The second-order valence-corrected chi connectivity index (χ2v) is 6.23. The molecule has 0 saturated carbocycles. The highest BCUT2D eigenvalue weighted by molar-refractivity contribution is 6.00. The van der Waals surface area contributed by atoms with Crippen molar-refractivity contribution in [2.75, 3.05) is 13.1 Å². The number of aryl methyl sites for hydroxylation is 1. The summed E-state index contributed by atoms with van der Waals surface area (Å²) in [5.74, 6) is -0.542. The summed E-state index contributed by atoms with van der Waals surface area (Å²) in [6.07, 6.45) is 3.27. The van der Waals surface area contributed by atoms with E-state index in [4.69, 9.17) is 5.11 Å². The van der Waals surface area contributed by atoms with Crippen molar-refractivity contribution >= 4 is 11.9 Å². The summed E-state index contributed by atoms with van der Waals surface area (Å²) in [5, 5.41) is 13.1. The van der Waals surface area contributed by atoms with Gasteiger partial charge in [-0.25, -0.2) is 0 Å². The number of rotatable bonds is 5. The molecule has 1 aromatic carbocycles. The first-order valence-corrected chi connectivity index (χ1v) is 8.14. The van der Waals surface area contributed by atoms with Crippen LogP contribution in [0.5, 0.6) is 0 Å². The van der Waals surface area contributed by atoms with E-state index in [0.717, 1.165) is 17.7 Å². The average Bonchev–Trinajstić information content (AvgIpc) is 3.20. The molecule has 1 N–H and O–H groups in total. The largest absolute Gasteiger partial charge is 0.481 e. The minimum atomic E-state index is -0.779. The number of amides is 1. The van der Waals surface area contributed by atoms with Crippen molar-refractivity contribution in [2.45, 2.75) is 19.3 Å². The van der Waals surface area contributed by atoms with Crippen molar-refractivity contribution in [3.05, 3.63) is 42.1 Å². The third-order valence-corrected chi connectivity index (χ3v) is 4.56. The van der Waals surface area contributed by atoms with Gasteiger partial charge in [-0.1, -0.05) is 30.3 Å². The number of hydrogen-bond acceptors (Lipinski definition) is 3. The molecule has 6 nitrogen and oxygen atoms in total. The van der Waals surface area contributed by atoms with Gasteiger partial charge in [0, 0.05) is 32.1 Å². The van der Waals surface area contributed by atoms with Crippen LogP contribution in [0.15, 0.2) is 36.5 Å². The maximum Gasteiger partial charge on any atom is 0.303 e. The molecule has 0 aliphatic carbocycles. The van der Waals surface area contributed by atoms with Crippen LogP contribution in [0.1, 0.15) is 29.6 Å². The number of likely N-dealkylation sites (tertiary alicyclic amines) is 1. The Bertz CT molecular complexity index is 739. The van der Waals surface area contributed by atoms with Crippen LogP contribution >= 0.6 is 0 Å². The van der Waals surface area contributed by atoms with E-state index in [2.05, 4.69) is 5.10 Å². The Morgan fingerprint density at radius 1 is 1.29 bits per heavy atom. The molecule has 126 valence electrons. The van der Waals surface area contributed by atoms with Crippen LogP contribution in [0.4, 0.5) is 0 Å². The minimum absolute atomic E-state index is 0.0280. The molecule has 1 amide bonds. The van der Waals surface area contributed by atoms with Crippen molar-refractivity contribution in [3.8, 4) is 11.3 Å². The number of hydrogen-bond donors (Lipinski definition) is 1. The molecule has 1 aliphatic rings. The standard InChI is InChI=1S/C18H21N3O3/c1-20-17(14-5-3-2-4-6-14)15(11-19-20)18(24)21-10-9-13(12-21)7-8-16(22)23/h2-6,11,13H,7-10,12H2,1H3,(H,22,23). The second-order valence-electron chi connectivity index (χ2n) is 6.23. The van der Waals surface area contributed by atoms with Gasteiger partial charge in [0.15, 0.2) is 0 Å². The molecule has 0 radical (unpaired) electrons. The molecule has 1 unspecified atom stereocenters. The quantitative estimate of drug-likeness (QED) is 0.915. The highest BCUT2D eigenvalue weighted by Crippen LogP contribution is 2.27. The Kier molecular flexibility index (Phi) is 4.64. The van der Waals surface area contributed by atoms with E-state index in [9.17, 15) is 9.59 Å². The summed E-state index contributed by atoms with van der Waals surface area (Å²) >= 11 is 0. The number of nitrogens with zero attached hydrogens (tertiary/aromatic N) is 3. The Labute approximate surface area is 140 Å². The van der Waals surface area contributed by atoms with E-state index in [1.807, 2.05) is 42.3 Å². The average molecular weight is 327 g/mol. The maximum absolute atomic E-state index is 12.9. The summed E-state index contributed by atoms with van der Waals surface area (Å²) in [6.45, 7) is 1.29. The van der Waals surface area contributed by atoms with E-state index in [1.54, 1.807) is 10.9 Å². The molecule has 0 bridgehead atoms. The normalized spacial score (nSPS) is 17.2. The van der Waals surface area contributed by atoms with Gasteiger partial charge in [0.25, 0.3) is 5.91 Å². The van der Waals surface area contributed by atoms with Gasteiger partial charge in [-0.15, -0.1) is 0 Å². The number of aromatic nitrogens is 2. The Balaban J connectivity index is 1.76. The SMILES string of the molecule is Cn1ncc(C(=O)N2CCC(CCC(=O)O)C2)c1-c1ccccc1. The Morgan fingerprint density at radius 3 is 2.75 bits per heavy atom. The van der Waals surface area contributed by atoms with Crippen LogP contribution in [0, 0.1) is 5.92 Å². The predicted molar refractivity (Wildman–Crippen MR) is 89.5 cm³/mol. The first kappa shape index (κ1) is 16.2. The highest BCUT2D eigenvalue weighted by Gasteiger charge is 2.29. The molecule has 1 aliphatic heterocycles. The molecule has 1 aromatic heterocycles. The van der Waals surface area contributed by atoms with Gasteiger partial charge in [-0.05, 0) is 18.8 Å². The van der Waals surface area contributed by atoms with Crippen LogP contribution in [0.3, 0.4) is 0 Å². The first-order valence-electron chi connectivity index (χ1n) is 8.14. The highest BCUT2D eigenvalue weighted by atomic mass is 16.4. The summed E-state index contributed by atoms with van der Waals surface area (Å²) in [4.78, 5) is 25.4. The van der Waals surface area contributed by atoms with Crippen LogP contribution in [0.25, 0.3) is 11.3 Å². The Morgan fingerprint density at radius 2 is 2.04 bits per heavy atom. The molecule has 1 fully saturated rings. The molecule has 2 aromatic rings. The summed E-state index contributed by atoms with van der Waals surface area (Å²) < 4.78 is 1.72. The monoisotopic (exact) mass is 327 g/mol. The third-order valence-electron chi connectivity index (χ3n) is 4.56. The van der Waals surface area contributed by atoms with Crippen molar-refractivity contribution in [3.63, 3.8) is 0 Å². The van der Waals surface area contributed by atoms with Gasteiger partial charge in [-0.2, -0.15) is 5.10 Å². The van der Waals surface area contributed by atoms with Crippen LogP contribution in [-0.4, -0.2) is 44.8 Å². The molecular formula is C18H21N3O3. The van der Waals surface area contributed by atoms with Gasteiger partial charge in [0.05, 0.1) is 17.5 Å². The van der Waals surface area contributed by atoms with E-state index in [-0.39, 0.29) is 18.2 Å². The molecule has 1 saturated heterocycles. The van der Waals surface area contributed by atoms with E-state index >= 15 is 0 Å². The van der Waals surface area contributed by atoms with Gasteiger partial charge in [0.1, 0.15) is 0 Å². The molecular weight excluding hydrogens is 306 g/mol. The number of benzene rings is 1. The fraction of sp³-hybridized carbons (Fsp3) is 0.389. The summed E-state index contributed by atoms with van der Waals surface area (Å²) in [6, 6.07) is 9.75. The number of carboxylic acid groups (broad SMARTS) is 1. The Hall–Kier alpha value is -2.63. The van der Waals surface area contributed by atoms with Crippen molar-refractivity contribution in [2.24, 2.45) is 13.0 Å². The lowest BCUT2D eigenvalue weighted by molar-refractivity contribution is -0.137. The van der Waals surface area contributed by atoms with E-state index < -0.39 is 5.97 Å². The zero-order valence-electron chi connectivity index (χ0n) is 13.7. The van der Waals surface area contributed by atoms with E-state index in [1.165, 1.54) is 0 Å². The molecule has 24 heavy (non-hydrogen) atoms. The number of aliphatic carboxylic acids is 1. The molecule has 1 atom stereocenters. The van der Waals surface area contributed by atoms with Gasteiger partial charge in [-0.3, -0.25) is 14.3 Å². The smallest absolute Gasteiger partial charge is 0.303 e. The molecule has 6 heteroatoms. The maximum atomic E-state index is 12.9. The fourth-order valence-electron chi connectivity index (χ4n) is 3.28. The summed E-state index contributed by atoms with van der Waals surface area (Å²) in [5.41, 5.74) is 2.37. The van der Waals surface area contributed by atoms with Crippen LogP contribution in [-0.2, 0) is 11.8 Å². The van der Waals surface area contributed by atoms with E-state index in [0.29, 0.717) is 25.1 Å². The van der Waals surface area contributed by atoms with Crippen molar-refractivity contribution in [1.82, 2.24) is 14.7 Å². The van der Waals surface area contributed by atoms with Gasteiger partial charge < -0.3 is 10.0 Å². The van der Waals surface area contributed by atoms with Crippen molar-refractivity contribution in [1.29, 1.82) is 0 Å². The van der Waals surface area contributed by atoms with Gasteiger partial charge in [0.2, 0.25) is 0 Å². The van der Waals surface area contributed by atoms with Crippen molar-refractivity contribution < 1.29 is 14.7 Å². The zero-order chi connectivity index (χ0) is 17.1. The summed E-state index contributed by atoms with van der Waals surface area (Å²) in [7, 11) is 1.83. The second kappa shape index (κ2) is 6.86. The first-order chi connectivity index (χ1) is 11.6. The third kappa shape index (κ3) is 3.32. The van der Waals surface area contributed by atoms with Gasteiger partial charge >= 0.3 is 5.97 Å². The fourth-order valence-corrected chi connectivity index (χ4v) is 3.28. The minimum Gasteiger partial charge on any atom is -0.481 e. The molecule has 3 rings (SSSR count). The number of carbonyl (C=O) groups excluding carboxylic acids is 1. The lowest BCUT2D eigenvalue weighted by Crippen LogP contribution is -2.29.